The van der Waals surface area contributed by atoms with Gasteiger partial charge in [-0.15, -0.1) is 0 Å². The summed E-state index contributed by atoms with van der Waals surface area (Å²) in [6.07, 6.45) is -0.369. The Morgan fingerprint density at radius 2 is 2.00 bits per heavy atom. The van der Waals surface area contributed by atoms with Crippen LogP contribution in [0.1, 0.15) is 25.5 Å². The fourth-order valence-electron chi connectivity index (χ4n) is 1.04. The molecule has 1 unspecified atom stereocenters. The third-order valence-electron chi connectivity index (χ3n) is 1.70. The summed E-state index contributed by atoms with van der Waals surface area (Å²) in [5.74, 6) is 0. The molecule has 0 fully saturated rings. The quantitative estimate of drug-likeness (QED) is 0.588. The largest absolute Gasteiger partial charge is 0.392 e. The zero-order chi connectivity index (χ0) is 10.4. The van der Waals surface area contributed by atoms with Crippen LogP contribution in [-0.4, -0.2) is 17.4 Å². The molecule has 0 radical (unpaired) electrons. The number of benzene rings is 1. The molecule has 3 nitrogen and oxygen atoms in total. The smallest absolute Gasteiger partial charge is 0.175 e. The molecule has 0 bridgehead atoms. The third kappa shape index (κ3) is 3.18. The van der Waals surface area contributed by atoms with Crippen molar-refractivity contribution in [2.45, 2.75) is 20.0 Å². The first-order valence-electron chi connectivity index (χ1n) is 4.57. The minimum absolute atomic E-state index is 0.0687. The molecule has 0 spiro atoms. The highest BCUT2D eigenvalue weighted by molar-refractivity contribution is 5.78. The number of nitrogens with zero attached hydrogens (tertiary/aromatic N) is 1. The molecule has 0 saturated carbocycles. The van der Waals surface area contributed by atoms with Gasteiger partial charge in [-0.25, -0.2) is 0 Å². The summed E-state index contributed by atoms with van der Waals surface area (Å²) in [4.78, 5) is 5.18. The number of oxime groups is 1. The lowest BCUT2D eigenvalue weighted by atomic mass is 10.1. The van der Waals surface area contributed by atoms with Gasteiger partial charge in [-0.05, 0) is 19.4 Å². The number of rotatable bonds is 4. The molecule has 1 aromatic carbocycles. The molecule has 0 aliphatic heterocycles. The van der Waals surface area contributed by atoms with Crippen LogP contribution in [0.5, 0.6) is 0 Å². The van der Waals surface area contributed by atoms with Gasteiger partial charge in [0.15, 0.2) is 6.10 Å². The maximum Gasteiger partial charge on any atom is 0.175 e. The van der Waals surface area contributed by atoms with E-state index in [0.29, 0.717) is 0 Å². The van der Waals surface area contributed by atoms with Gasteiger partial charge in [0, 0.05) is 0 Å². The Morgan fingerprint density at radius 1 is 1.36 bits per heavy atom. The molecule has 1 aromatic rings. The number of aliphatic hydroxyl groups excluding tert-OH is 1. The van der Waals surface area contributed by atoms with Crippen LogP contribution < -0.4 is 0 Å². The Balaban J connectivity index is 2.68. The summed E-state index contributed by atoms with van der Waals surface area (Å²) in [5.41, 5.74) is 1.76. The Bertz CT molecular complexity index is 291. The van der Waals surface area contributed by atoms with Gasteiger partial charge in [0.25, 0.3) is 0 Å². The van der Waals surface area contributed by atoms with Gasteiger partial charge in [0.05, 0.1) is 12.3 Å². The highest BCUT2D eigenvalue weighted by atomic mass is 16.6. The van der Waals surface area contributed by atoms with Crippen LogP contribution in [0, 0.1) is 0 Å². The summed E-state index contributed by atoms with van der Waals surface area (Å²) in [5, 5.41) is 12.9. The van der Waals surface area contributed by atoms with E-state index >= 15 is 0 Å². The number of hydrogen-bond acceptors (Lipinski definition) is 3. The van der Waals surface area contributed by atoms with E-state index in [9.17, 15) is 0 Å². The Kier molecular flexibility index (Phi) is 4.13. The van der Waals surface area contributed by atoms with Crippen molar-refractivity contribution in [3.05, 3.63) is 35.9 Å². The molecular formula is C11H15NO2. The standard InChI is InChI=1S/C11H15NO2/c1-9(2)12-14-11(8-13)10-6-4-3-5-7-10/h3-7,11,13H,8H2,1-2H3. The van der Waals surface area contributed by atoms with Gasteiger partial charge in [-0.1, -0.05) is 35.5 Å². The van der Waals surface area contributed by atoms with E-state index in [1.165, 1.54) is 0 Å². The summed E-state index contributed by atoms with van der Waals surface area (Å²) in [6.45, 7) is 3.62. The van der Waals surface area contributed by atoms with Crippen molar-refractivity contribution in [2.75, 3.05) is 6.61 Å². The molecule has 14 heavy (non-hydrogen) atoms. The van der Waals surface area contributed by atoms with E-state index in [4.69, 9.17) is 9.94 Å². The topological polar surface area (TPSA) is 41.8 Å². The van der Waals surface area contributed by atoms with Gasteiger partial charge in [0.1, 0.15) is 0 Å². The van der Waals surface area contributed by atoms with Gasteiger partial charge in [-0.3, -0.25) is 0 Å². The lowest BCUT2D eigenvalue weighted by Gasteiger charge is -2.12. The Hall–Kier alpha value is -1.35. The summed E-state index contributed by atoms with van der Waals surface area (Å²) >= 11 is 0. The van der Waals surface area contributed by atoms with Crippen molar-refractivity contribution in [3.8, 4) is 0 Å². The molecule has 76 valence electrons. The first-order chi connectivity index (χ1) is 6.74. The lowest BCUT2D eigenvalue weighted by Crippen LogP contribution is -2.06. The van der Waals surface area contributed by atoms with E-state index in [1.807, 2.05) is 44.2 Å². The van der Waals surface area contributed by atoms with Crippen molar-refractivity contribution in [1.29, 1.82) is 0 Å². The molecule has 0 heterocycles. The van der Waals surface area contributed by atoms with Crippen LogP contribution in [-0.2, 0) is 4.84 Å². The van der Waals surface area contributed by atoms with Crippen LogP contribution in [0.2, 0.25) is 0 Å². The van der Waals surface area contributed by atoms with E-state index in [-0.39, 0.29) is 12.7 Å². The van der Waals surface area contributed by atoms with Gasteiger partial charge in [-0.2, -0.15) is 0 Å². The van der Waals surface area contributed by atoms with Crippen molar-refractivity contribution >= 4 is 5.71 Å². The first kappa shape index (κ1) is 10.7. The summed E-state index contributed by atoms with van der Waals surface area (Å²) < 4.78 is 0. The fourth-order valence-corrected chi connectivity index (χ4v) is 1.04. The number of aliphatic hydroxyl groups is 1. The average molecular weight is 193 g/mol. The molecule has 0 saturated heterocycles. The monoisotopic (exact) mass is 193 g/mol. The van der Waals surface area contributed by atoms with Crippen LogP contribution in [0.25, 0.3) is 0 Å². The second-order valence-corrected chi connectivity index (χ2v) is 3.23. The summed E-state index contributed by atoms with van der Waals surface area (Å²) in [7, 11) is 0. The van der Waals surface area contributed by atoms with Gasteiger partial charge >= 0.3 is 0 Å². The molecule has 3 heteroatoms. The van der Waals surface area contributed by atoms with Crippen molar-refractivity contribution in [3.63, 3.8) is 0 Å². The van der Waals surface area contributed by atoms with Crippen LogP contribution >= 0.6 is 0 Å². The van der Waals surface area contributed by atoms with Crippen molar-refractivity contribution in [1.82, 2.24) is 0 Å². The zero-order valence-corrected chi connectivity index (χ0v) is 8.47. The Morgan fingerprint density at radius 3 is 2.50 bits per heavy atom. The van der Waals surface area contributed by atoms with E-state index in [2.05, 4.69) is 5.16 Å². The minimum atomic E-state index is -0.369. The maximum atomic E-state index is 9.10. The van der Waals surface area contributed by atoms with Gasteiger partial charge < -0.3 is 9.94 Å². The highest BCUT2D eigenvalue weighted by Gasteiger charge is 2.10. The molecule has 0 aliphatic carbocycles. The minimum Gasteiger partial charge on any atom is -0.392 e. The SMILES string of the molecule is CC(C)=NOC(CO)c1ccccc1. The number of hydrogen-bond donors (Lipinski definition) is 1. The fraction of sp³-hybridized carbons (Fsp3) is 0.364. The van der Waals surface area contributed by atoms with Crippen LogP contribution in [0.3, 0.4) is 0 Å². The second-order valence-electron chi connectivity index (χ2n) is 3.23. The molecule has 1 atom stereocenters. The molecule has 1 rings (SSSR count). The molecule has 0 amide bonds. The molecular weight excluding hydrogens is 178 g/mol. The van der Waals surface area contributed by atoms with E-state index in [1.54, 1.807) is 0 Å². The summed E-state index contributed by atoms with van der Waals surface area (Å²) in [6, 6.07) is 9.54. The van der Waals surface area contributed by atoms with E-state index in [0.717, 1.165) is 11.3 Å². The van der Waals surface area contributed by atoms with Crippen LogP contribution in [0.15, 0.2) is 35.5 Å². The van der Waals surface area contributed by atoms with Crippen LogP contribution in [0.4, 0.5) is 0 Å². The lowest BCUT2D eigenvalue weighted by molar-refractivity contribution is 0.0152. The van der Waals surface area contributed by atoms with Crippen molar-refractivity contribution < 1.29 is 9.94 Å². The maximum absolute atomic E-state index is 9.10. The molecule has 1 N–H and O–H groups in total. The average Bonchev–Trinajstić information content (AvgIpc) is 2.20. The first-order valence-corrected chi connectivity index (χ1v) is 4.57. The molecule has 0 aliphatic rings. The zero-order valence-electron chi connectivity index (χ0n) is 8.47. The molecule has 0 aromatic heterocycles. The predicted molar refractivity (Wildman–Crippen MR) is 56.1 cm³/mol. The van der Waals surface area contributed by atoms with E-state index < -0.39 is 0 Å². The Labute approximate surface area is 84.0 Å². The van der Waals surface area contributed by atoms with Gasteiger partial charge in [0.2, 0.25) is 0 Å². The third-order valence-corrected chi connectivity index (χ3v) is 1.70. The normalized spacial score (nSPS) is 11.9. The highest BCUT2D eigenvalue weighted by Crippen LogP contribution is 2.16. The predicted octanol–water partition coefficient (Wildman–Crippen LogP) is 2.13. The second kappa shape index (κ2) is 5.40. The van der Waals surface area contributed by atoms with Crippen molar-refractivity contribution in [2.24, 2.45) is 5.16 Å².